The largest absolute Gasteiger partial charge is 0.478 e. The van der Waals surface area contributed by atoms with Gasteiger partial charge in [0.2, 0.25) is 5.91 Å². The number of hydrogen-bond donors (Lipinski definition) is 2. The molecule has 1 unspecified atom stereocenters. The predicted octanol–water partition coefficient (Wildman–Crippen LogP) is 1.16. The molecule has 3 heterocycles. The number of anilines is 1. The molecule has 2 aromatic heterocycles. The molecule has 0 bridgehead atoms. The molecule has 1 amide bonds. The monoisotopic (exact) mass is 281 g/mol. The molecule has 6 nitrogen and oxygen atoms in total. The van der Waals surface area contributed by atoms with Gasteiger partial charge in [-0.25, -0.2) is 9.78 Å². The first-order valence-corrected chi connectivity index (χ1v) is 6.58. The number of rotatable bonds is 1. The van der Waals surface area contributed by atoms with E-state index in [0.717, 1.165) is 16.8 Å². The van der Waals surface area contributed by atoms with Gasteiger partial charge in [0.25, 0.3) is 0 Å². The molecule has 0 aromatic carbocycles. The third-order valence-electron chi connectivity index (χ3n) is 4.26. The van der Waals surface area contributed by atoms with Crippen LogP contribution >= 0.6 is 0 Å². The maximum absolute atomic E-state index is 12.4. The first kappa shape index (κ1) is 12.0. The van der Waals surface area contributed by atoms with Gasteiger partial charge in [-0.2, -0.15) is 0 Å². The number of pyridine rings is 2. The first-order chi connectivity index (χ1) is 10.1. The number of nitrogens with one attached hydrogen (secondary N) is 1. The van der Waals surface area contributed by atoms with Gasteiger partial charge in [0.15, 0.2) is 0 Å². The van der Waals surface area contributed by atoms with Crippen molar-refractivity contribution in [1.29, 1.82) is 0 Å². The van der Waals surface area contributed by atoms with E-state index in [4.69, 9.17) is 5.11 Å². The standard InChI is InChI=1S/C15H11N3O3/c19-13(20)9-4-8-5-15(6-11(8)17-7-9)10-2-1-3-16-12(10)18-14(15)21/h1-4,7H,5-6H2,(H,19,20)(H,16,18,21). The Kier molecular flexibility index (Phi) is 2.22. The van der Waals surface area contributed by atoms with Crippen molar-refractivity contribution < 1.29 is 14.7 Å². The van der Waals surface area contributed by atoms with Crippen molar-refractivity contribution >= 4 is 17.7 Å². The lowest BCUT2D eigenvalue weighted by Gasteiger charge is -2.19. The van der Waals surface area contributed by atoms with E-state index >= 15 is 0 Å². The molecule has 1 spiro atoms. The van der Waals surface area contributed by atoms with Gasteiger partial charge in [0, 0.05) is 30.1 Å². The second-order valence-corrected chi connectivity index (χ2v) is 5.42. The van der Waals surface area contributed by atoms with Crippen LogP contribution in [-0.4, -0.2) is 27.0 Å². The maximum atomic E-state index is 12.4. The minimum absolute atomic E-state index is 0.0916. The fraction of sp³-hybridized carbons (Fsp3) is 0.200. The van der Waals surface area contributed by atoms with Crippen LogP contribution in [0.2, 0.25) is 0 Å². The molecule has 2 aliphatic rings. The van der Waals surface area contributed by atoms with Crippen molar-refractivity contribution in [2.45, 2.75) is 18.3 Å². The lowest BCUT2D eigenvalue weighted by molar-refractivity contribution is -0.120. The number of aromatic nitrogens is 2. The molecule has 0 fully saturated rings. The fourth-order valence-corrected chi connectivity index (χ4v) is 3.23. The summed E-state index contributed by atoms with van der Waals surface area (Å²) in [6, 6.07) is 5.31. The molecule has 0 saturated carbocycles. The number of aromatic carboxylic acids is 1. The van der Waals surface area contributed by atoms with E-state index in [1.807, 2.05) is 6.07 Å². The van der Waals surface area contributed by atoms with Crippen molar-refractivity contribution in [2.75, 3.05) is 5.32 Å². The molecule has 1 atom stereocenters. The lowest BCUT2D eigenvalue weighted by atomic mass is 9.80. The van der Waals surface area contributed by atoms with E-state index in [0.29, 0.717) is 18.7 Å². The minimum atomic E-state index is -1.01. The molecular formula is C15H11N3O3. The first-order valence-electron chi connectivity index (χ1n) is 6.58. The Hall–Kier alpha value is -2.76. The van der Waals surface area contributed by atoms with Gasteiger partial charge in [-0.05, 0) is 24.1 Å². The maximum Gasteiger partial charge on any atom is 0.337 e. The summed E-state index contributed by atoms with van der Waals surface area (Å²) in [5.74, 6) is -0.510. The van der Waals surface area contributed by atoms with Crippen LogP contribution in [-0.2, 0) is 23.1 Å². The van der Waals surface area contributed by atoms with Crippen molar-refractivity contribution in [3.63, 3.8) is 0 Å². The summed E-state index contributed by atoms with van der Waals surface area (Å²) in [6.07, 6.45) is 3.92. The Balaban J connectivity index is 1.83. The summed E-state index contributed by atoms with van der Waals surface area (Å²) in [6.45, 7) is 0. The summed E-state index contributed by atoms with van der Waals surface area (Å²) < 4.78 is 0. The van der Waals surface area contributed by atoms with Crippen molar-refractivity contribution in [3.05, 3.63) is 53.0 Å². The zero-order valence-electron chi connectivity index (χ0n) is 11.0. The molecule has 6 heteroatoms. The highest BCUT2D eigenvalue weighted by Crippen LogP contribution is 2.45. The number of amides is 1. The van der Waals surface area contributed by atoms with Crippen LogP contribution in [0.25, 0.3) is 0 Å². The summed E-state index contributed by atoms with van der Waals surface area (Å²) in [5.41, 5.74) is 1.92. The summed E-state index contributed by atoms with van der Waals surface area (Å²) >= 11 is 0. The average molecular weight is 281 g/mol. The molecule has 0 saturated heterocycles. The highest BCUT2D eigenvalue weighted by Gasteiger charge is 2.51. The van der Waals surface area contributed by atoms with E-state index in [9.17, 15) is 9.59 Å². The summed E-state index contributed by atoms with van der Waals surface area (Å²) in [7, 11) is 0. The van der Waals surface area contributed by atoms with E-state index in [2.05, 4.69) is 15.3 Å². The van der Waals surface area contributed by atoms with Crippen LogP contribution in [0.1, 0.15) is 27.2 Å². The third kappa shape index (κ3) is 1.53. The topological polar surface area (TPSA) is 92.2 Å². The fourth-order valence-electron chi connectivity index (χ4n) is 3.23. The highest BCUT2D eigenvalue weighted by molar-refractivity contribution is 6.06. The van der Waals surface area contributed by atoms with E-state index in [-0.39, 0.29) is 11.5 Å². The molecule has 0 radical (unpaired) electrons. The van der Waals surface area contributed by atoms with Gasteiger partial charge < -0.3 is 10.4 Å². The molecule has 2 aromatic rings. The Labute approximate surface area is 119 Å². The second-order valence-electron chi connectivity index (χ2n) is 5.42. The van der Waals surface area contributed by atoms with Gasteiger partial charge in [-0.15, -0.1) is 0 Å². The number of hydrogen-bond acceptors (Lipinski definition) is 4. The zero-order chi connectivity index (χ0) is 14.6. The number of carbonyl (C=O) groups is 2. The van der Waals surface area contributed by atoms with E-state index < -0.39 is 11.4 Å². The lowest BCUT2D eigenvalue weighted by Crippen LogP contribution is -2.35. The highest BCUT2D eigenvalue weighted by atomic mass is 16.4. The number of nitrogens with zero attached hydrogens (tertiary/aromatic N) is 2. The SMILES string of the molecule is O=C(O)c1cnc2c(c1)CC1(C2)C(=O)Nc2ncccc21. The smallest absolute Gasteiger partial charge is 0.337 e. The Morgan fingerprint density at radius 1 is 1.33 bits per heavy atom. The van der Waals surface area contributed by atoms with Crippen LogP contribution in [0.15, 0.2) is 30.6 Å². The predicted molar refractivity (Wildman–Crippen MR) is 73.1 cm³/mol. The number of carboxylic acid groups (broad SMARTS) is 1. The van der Waals surface area contributed by atoms with Crippen molar-refractivity contribution in [3.8, 4) is 0 Å². The Morgan fingerprint density at radius 2 is 2.19 bits per heavy atom. The van der Waals surface area contributed by atoms with Gasteiger partial charge in [0.05, 0.1) is 11.0 Å². The van der Waals surface area contributed by atoms with Crippen LogP contribution in [0.3, 0.4) is 0 Å². The molecule has 21 heavy (non-hydrogen) atoms. The van der Waals surface area contributed by atoms with Crippen molar-refractivity contribution in [2.24, 2.45) is 0 Å². The van der Waals surface area contributed by atoms with Crippen LogP contribution in [0.4, 0.5) is 5.82 Å². The molecule has 1 aliphatic carbocycles. The van der Waals surface area contributed by atoms with Gasteiger partial charge >= 0.3 is 5.97 Å². The van der Waals surface area contributed by atoms with E-state index in [1.54, 1.807) is 18.3 Å². The quantitative estimate of drug-likeness (QED) is 0.818. The van der Waals surface area contributed by atoms with E-state index in [1.165, 1.54) is 6.20 Å². The van der Waals surface area contributed by atoms with Crippen LogP contribution < -0.4 is 5.32 Å². The normalized spacial score (nSPS) is 22.0. The Bertz CT molecular complexity index is 803. The molecule has 2 N–H and O–H groups in total. The Morgan fingerprint density at radius 3 is 3.00 bits per heavy atom. The van der Waals surface area contributed by atoms with Crippen LogP contribution in [0.5, 0.6) is 0 Å². The zero-order valence-corrected chi connectivity index (χ0v) is 11.0. The third-order valence-corrected chi connectivity index (χ3v) is 4.26. The van der Waals surface area contributed by atoms with Gasteiger partial charge in [-0.1, -0.05) is 6.07 Å². The molecule has 104 valence electrons. The summed E-state index contributed by atoms with van der Waals surface area (Å²) in [5, 5.41) is 11.9. The molecular weight excluding hydrogens is 270 g/mol. The second kappa shape index (κ2) is 3.88. The minimum Gasteiger partial charge on any atom is -0.478 e. The number of carboxylic acids is 1. The molecule has 4 rings (SSSR count). The molecule has 1 aliphatic heterocycles. The van der Waals surface area contributed by atoms with Gasteiger partial charge in [0.1, 0.15) is 5.82 Å². The summed E-state index contributed by atoms with van der Waals surface area (Å²) in [4.78, 5) is 31.9. The number of fused-ring (bicyclic) bond motifs is 3. The van der Waals surface area contributed by atoms with Crippen molar-refractivity contribution in [1.82, 2.24) is 9.97 Å². The van der Waals surface area contributed by atoms with Crippen LogP contribution in [0, 0.1) is 0 Å². The van der Waals surface area contributed by atoms with Gasteiger partial charge in [-0.3, -0.25) is 9.78 Å². The number of carbonyl (C=O) groups excluding carboxylic acids is 1. The average Bonchev–Trinajstić information content (AvgIpc) is 2.98.